The lowest BCUT2D eigenvalue weighted by atomic mass is 9.91. The molecule has 1 atom stereocenters. The van der Waals surface area contributed by atoms with Crippen molar-refractivity contribution in [1.29, 1.82) is 5.26 Å². The van der Waals surface area contributed by atoms with Crippen molar-refractivity contribution in [2.24, 2.45) is 0 Å². The van der Waals surface area contributed by atoms with Gasteiger partial charge in [0.15, 0.2) is 0 Å². The summed E-state index contributed by atoms with van der Waals surface area (Å²) in [6, 6.07) is 15.6. The van der Waals surface area contributed by atoms with E-state index in [1.807, 2.05) is 0 Å². The highest BCUT2D eigenvalue weighted by Gasteiger charge is 2.31. The van der Waals surface area contributed by atoms with Crippen LogP contribution in [0.1, 0.15) is 22.6 Å². The number of alkyl halides is 3. The van der Waals surface area contributed by atoms with Gasteiger partial charge in [0.2, 0.25) is 0 Å². The van der Waals surface area contributed by atoms with Crippen molar-refractivity contribution in [1.82, 2.24) is 0 Å². The van der Waals surface area contributed by atoms with Gasteiger partial charge in [0.05, 0.1) is 22.6 Å². The smallest absolute Gasteiger partial charge is 0.406 e. The summed E-state index contributed by atoms with van der Waals surface area (Å²) >= 11 is 12.3. The monoisotopic (exact) mass is 514 g/mol. The molecule has 0 radical (unpaired) electrons. The lowest BCUT2D eigenvalue weighted by Gasteiger charge is -2.17. The van der Waals surface area contributed by atoms with Crippen LogP contribution in [0.4, 0.5) is 18.9 Å². The molecule has 0 bridgehead atoms. The quantitative estimate of drug-likeness (QED) is 0.399. The summed E-state index contributed by atoms with van der Waals surface area (Å²) < 4.78 is 68.4. The number of benzene rings is 3. The molecule has 11 heteroatoms. The molecule has 0 spiro atoms. The van der Waals surface area contributed by atoms with E-state index in [9.17, 15) is 26.9 Å². The maximum atomic E-state index is 12.7. The molecule has 0 aromatic heterocycles. The Bertz CT molecular complexity index is 1300. The Morgan fingerprint density at radius 2 is 1.64 bits per heavy atom. The van der Waals surface area contributed by atoms with Crippen LogP contribution < -0.4 is 9.46 Å². The molecule has 0 aliphatic carbocycles. The van der Waals surface area contributed by atoms with Crippen molar-refractivity contribution in [2.75, 3.05) is 4.72 Å². The molecule has 0 amide bonds. The minimum absolute atomic E-state index is 0.159. The Balaban J connectivity index is 1.88. The van der Waals surface area contributed by atoms with Gasteiger partial charge >= 0.3 is 6.36 Å². The lowest BCUT2D eigenvalue weighted by molar-refractivity contribution is -0.274. The van der Waals surface area contributed by atoms with E-state index in [2.05, 4.69) is 15.5 Å². The number of nitrogens with one attached hydrogen (secondary N) is 1. The molecule has 0 aliphatic rings. The van der Waals surface area contributed by atoms with Gasteiger partial charge in [0, 0.05) is 10.0 Å². The van der Waals surface area contributed by atoms with Gasteiger partial charge in [-0.1, -0.05) is 41.4 Å². The van der Waals surface area contributed by atoms with E-state index in [-0.39, 0.29) is 15.6 Å². The number of anilines is 1. The Kier molecular flexibility index (Phi) is 7.12. The van der Waals surface area contributed by atoms with E-state index in [4.69, 9.17) is 23.2 Å². The van der Waals surface area contributed by atoms with E-state index < -0.39 is 28.1 Å². The Morgan fingerprint density at radius 1 is 1.03 bits per heavy atom. The van der Waals surface area contributed by atoms with Crippen LogP contribution >= 0.6 is 23.2 Å². The third-order valence-electron chi connectivity index (χ3n) is 4.60. The van der Waals surface area contributed by atoms with E-state index in [1.165, 1.54) is 6.07 Å². The zero-order valence-electron chi connectivity index (χ0n) is 16.8. The molecule has 0 fully saturated rings. The van der Waals surface area contributed by atoms with Crippen LogP contribution in [0.2, 0.25) is 10.0 Å². The molecule has 1 unspecified atom stereocenters. The number of halogens is 5. The van der Waals surface area contributed by atoms with Crippen molar-refractivity contribution < 1.29 is 26.3 Å². The number of hydrogen-bond acceptors (Lipinski definition) is 4. The summed E-state index contributed by atoms with van der Waals surface area (Å²) in [4.78, 5) is -0.271. The van der Waals surface area contributed by atoms with Crippen molar-refractivity contribution in [3.63, 3.8) is 0 Å². The molecule has 1 N–H and O–H groups in total. The van der Waals surface area contributed by atoms with Crippen LogP contribution in [0.25, 0.3) is 0 Å². The highest BCUT2D eigenvalue weighted by Crippen LogP contribution is 2.35. The third-order valence-corrected chi connectivity index (χ3v) is 6.56. The van der Waals surface area contributed by atoms with Crippen molar-refractivity contribution >= 4 is 38.9 Å². The normalized spacial score (nSPS) is 12.6. The first-order chi connectivity index (χ1) is 15.4. The average molecular weight is 515 g/mol. The van der Waals surface area contributed by atoms with Gasteiger partial charge in [-0.25, -0.2) is 8.42 Å². The molecule has 0 saturated heterocycles. The van der Waals surface area contributed by atoms with Crippen molar-refractivity contribution in [3.8, 4) is 11.8 Å². The van der Waals surface area contributed by atoms with Gasteiger partial charge in [0.1, 0.15) is 5.75 Å². The van der Waals surface area contributed by atoms with Crippen LogP contribution in [0.15, 0.2) is 65.6 Å². The number of ether oxygens (including phenoxy) is 1. The van der Waals surface area contributed by atoms with E-state index >= 15 is 0 Å². The Labute approximate surface area is 198 Å². The number of nitriles is 1. The third kappa shape index (κ3) is 6.11. The summed E-state index contributed by atoms with van der Waals surface area (Å²) in [5, 5.41) is 10.4. The fraction of sp³-hybridized carbons (Fsp3) is 0.136. The molecule has 5 nitrogen and oxygen atoms in total. The fourth-order valence-electron chi connectivity index (χ4n) is 3.04. The fourth-order valence-corrected chi connectivity index (χ4v) is 4.56. The first kappa shape index (κ1) is 24.7. The van der Waals surface area contributed by atoms with Crippen molar-refractivity contribution in [2.45, 2.75) is 24.1 Å². The molecule has 172 valence electrons. The molecule has 0 saturated carbocycles. The second-order valence-corrected chi connectivity index (χ2v) is 9.45. The van der Waals surface area contributed by atoms with Crippen LogP contribution in [-0.4, -0.2) is 14.8 Å². The predicted molar refractivity (Wildman–Crippen MR) is 119 cm³/mol. The summed E-state index contributed by atoms with van der Waals surface area (Å²) in [6.45, 7) is 1.63. The van der Waals surface area contributed by atoms with Gasteiger partial charge in [0.25, 0.3) is 10.0 Å². The summed E-state index contributed by atoms with van der Waals surface area (Å²) in [6.07, 6.45) is -4.89. The van der Waals surface area contributed by atoms with Crippen LogP contribution in [0.3, 0.4) is 0 Å². The summed E-state index contributed by atoms with van der Waals surface area (Å²) in [5.41, 5.74) is 1.80. The highest BCUT2D eigenvalue weighted by molar-refractivity contribution is 7.92. The highest BCUT2D eigenvalue weighted by atomic mass is 35.5. The molecule has 0 heterocycles. The largest absolute Gasteiger partial charge is 0.573 e. The maximum absolute atomic E-state index is 12.7. The van der Waals surface area contributed by atoms with E-state index in [0.29, 0.717) is 21.7 Å². The standard InChI is InChI=1S/C22H15Cl2F3N2O3S/c1-13-10-18(19(12-28)14-2-4-15(23)5-3-14)20(24)11-21(13)29-33(30,31)17-8-6-16(7-9-17)32-22(25,26)27/h2-11,19,29H,1H3. The van der Waals surface area contributed by atoms with Crippen LogP contribution in [0.5, 0.6) is 5.75 Å². The van der Waals surface area contributed by atoms with Gasteiger partial charge in [-0.2, -0.15) is 5.26 Å². The Morgan fingerprint density at radius 3 is 2.18 bits per heavy atom. The second-order valence-electron chi connectivity index (χ2n) is 6.93. The Hall–Kier alpha value is -2.93. The van der Waals surface area contributed by atoms with E-state index in [0.717, 1.165) is 24.3 Å². The van der Waals surface area contributed by atoms with E-state index in [1.54, 1.807) is 37.3 Å². The number of hydrogen-bond donors (Lipinski definition) is 1. The lowest BCUT2D eigenvalue weighted by Crippen LogP contribution is -2.17. The number of sulfonamides is 1. The molecule has 33 heavy (non-hydrogen) atoms. The first-order valence-electron chi connectivity index (χ1n) is 9.23. The molecule has 3 aromatic rings. The SMILES string of the molecule is Cc1cc(C(C#N)c2ccc(Cl)cc2)c(Cl)cc1NS(=O)(=O)c1ccc(OC(F)(F)F)cc1. The molecule has 3 aromatic carbocycles. The minimum atomic E-state index is -4.89. The number of nitrogens with zero attached hydrogens (tertiary/aromatic N) is 1. The first-order valence-corrected chi connectivity index (χ1v) is 11.5. The molecule has 0 aliphatic heterocycles. The zero-order valence-corrected chi connectivity index (χ0v) is 19.1. The van der Waals surface area contributed by atoms with Gasteiger partial charge in [-0.05, 0) is 66.1 Å². The summed E-state index contributed by atoms with van der Waals surface area (Å²) in [5.74, 6) is -1.25. The average Bonchev–Trinajstić information content (AvgIpc) is 2.72. The van der Waals surface area contributed by atoms with Crippen LogP contribution in [0, 0.1) is 18.3 Å². The minimum Gasteiger partial charge on any atom is -0.406 e. The number of aryl methyl sites for hydroxylation is 1. The van der Waals surface area contributed by atoms with Gasteiger partial charge in [-0.3, -0.25) is 4.72 Å². The van der Waals surface area contributed by atoms with Gasteiger partial charge in [-0.15, -0.1) is 13.2 Å². The molecular formula is C22H15Cl2F3N2O3S. The number of rotatable bonds is 6. The van der Waals surface area contributed by atoms with Crippen LogP contribution in [-0.2, 0) is 10.0 Å². The zero-order chi connectivity index (χ0) is 24.4. The topological polar surface area (TPSA) is 79.2 Å². The maximum Gasteiger partial charge on any atom is 0.573 e. The predicted octanol–water partition coefficient (Wildman–Crippen LogP) is 6.66. The summed E-state index contributed by atoms with van der Waals surface area (Å²) in [7, 11) is -4.13. The second kappa shape index (κ2) is 9.51. The van der Waals surface area contributed by atoms with Crippen molar-refractivity contribution in [3.05, 3.63) is 87.4 Å². The van der Waals surface area contributed by atoms with Gasteiger partial charge < -0.3 is 4.74 Å². The molecular weight excluding hydrogens is 500 g/mol. The molecule has 3 rings (SSSR count).